The van der Waals surface area contributed by atoms with Crippen molar-refractivity contribution in [3.63, 3.8) is 0 Å². The minimum Gasteiger partial charge on any atom is -0.456 e. The van der Waals surface area contributed by atoms with Crippen LogP contribution < -0.4 is 16.6 Å². The van der Waals surface area contributed by atoms with Crippen LogP contribution in [0.2, 0.25) is 0 Å². The molecule has 2 aliphatic heterocycles. The molecule has 0 fully saturated rings. The Morgan fingerprint density at radius 2 is 1.85 bits per heavy atom. The van der Waals surface area contributed by atoms with E-state index in [4.69, 9.17) is 4.74 Å². The Balaban J connectivity index is 2.09. The standard InChI is InChI=1S/C17H13F2N3O4/c1-21-14-13(15(23)22(2)17(21)25)11(7-3-4-8(18)9(19)5-7)12-10(20-14)6-26-16(12)24/h3-5,11,20H,6H2,1-2H3/t11-/m1/s1. The fourth-order valence-corrected chi connectivity index (χ4v) is 3.41. The number of carbonyl (C=O) groups is 1. The molecule has 7 nitrogen and oxygen atoms in total. The van der Waals surface area contributed by atoms with Gasteiger partial charge in [0.2, 0.25) is 0 Å². The number of nitrogens with zero attached hydrogens (tertiary/aromatic N) is 2. The molecule has 0 unspecified atom stereocenters. The highest BCUT2D eigenvalue weighted by Gasteiger charge is 2.41. The van der Waals surface area contributed by atoms with Crippen molar-refractivity contribution in [1.82, 2.24) is 9.13 Å². The molecule has 134 valence electrons. The summed E-state index contributed by atoms with van der Waals surface area (Å²) in [4.78, 5) is 37.2. The van der Waals surface area contributed by atoms with Gasteiger partial charge in [0.05, 0.1) is 22.8 Å². The van der Waals surface area contributed by atoms with Crippen LogP contribution in [0.5, 0.6) is 0 Å². The molecule has 0 amide bonds. The SMILES string of the molecule is Cn1c2c(c(=O)n(C)c1=O)[C@H](c1ccc(F)c(F)c1)C1=C(COC1=O)N2. The third-order valence-corrected chi connectivity index (χ3v) is 4.72. The topological polar surface area (TPSA) is 82.3 Å². The van der Waals surface area contributed by atoms with Crippen molar-refractivity contribution >= 4 is 11.8 Å². The molecule has 0 bridgehead atoms. The molecule has 3 heterocycles. The van der Waals surface area contributed by atoms with Crippen molar-refractivity contribution in [3.05, 3.63) is 73.1 Å². The molecule has 0 saturated heterocycles. The zero-order chi connectivity index (χ0) is 18.7. The first kappa shape index (κ1) is 16.2. The number of nitrogens with one attached hydrogen (secondary N) is 1. The van der Waals surface area contributed by atoms with E-state index in [1.165, 1.54) is 24.7 Å². The molecule has 26 heavy (non-hydrogen) atoms. The summed E-state index contributed by atoms with van der Waals surface area (Å²) in [6.07, 6.45) is 0. The minimum atomic E-state index is -1.10. The first-order chi connectivity index (χ1) is 12.3. The molecule has 2 aliphatic rings. The van der Waals surface area contributed by atoms with E-state index in [-0.39, 0.29) is 29.1 Å². The largest absolute Gasteiger partial charge is 0.456 e. The highest BCUT2D eigenvalue weighted by Crippen LogP contribution is 2.42. The lowest BCUT2D eigenvalue weighted by molar-refractivity contribution is -0.136. The molecule has 1 atom stereocenters. The van der Waals surface area contributed by atoms with Crippen molar-refractivity contribution < 1.29 is 18.3 Å². The van der Waals surface area contributed by atoms with Gasteiger partial charge in [-0.3, -0.25) is 13.9 Å². The first-order valence-corrected chi connectivity index (χ1v) is 7.73. The number of benzene rings is 1. The van der Waals surface area contributed by atoms with Gasteiger partial charge in [0.1, 0.15) is 12.4 Å². The summed E-state index contributed by atoms with van der Waals surface area (Å²) in [5, 5.41) is 2.91. The summed E-state index contributed by atoms with van der Waals surface area (Å²) in [5.74, 6) is -3.57. The number of cyclic esters (lactones) is 1. The van der Waals surface area contributed by atoms with E-state index in [2.05, 4.69) is 5.32 Å². The Morgan fingerprint density at radius 1 is 1.12 bits per heavy atom. The summed E-state index contributed by atoms with van der Waals surface area (Å²) in [5.41, 5.74) is -0.331. The highest BCUT2D eigenvalue weighted by molar-refractivity contribution is 5.96. The second kappa shape index (κ2) is 5.38. The van der Waals surface area contributed by atoms with Crippen LogP contribution in [0.25, 0.3) is 0 Å². The molecule has 9 heteroatoms. The number of anilines is 1. The van der Waals surface area contributed by atoms with Crippen molar-refractivity contribution in [3.8, 4) is 0 Å². The van der Waals surface area contributed by atoms with Crippen LogP contribution in [0.3, 0.4) is 0 Å². The third-order valence-electron chi connectivity index (χ3n) is 4.72. The molecule has 1 aromatic heterocycles. The Hall–Kier alpha value is -3.23. The van der Waals surface area contributed by atoms with Gasteiger partial charge in [-0.1, -0.05) is 6.07 Å². The van der Waals surface area contributed by atoms with Gasteiger partial charge in [-0.25, -0.2) is 18.4 Å². The van der Waals surface area contributed by atoms with Gasteiger partial charge >= 0.3 is 11.7 Å². The average molecular weight is 361 g/mol. The Kier molecular flexibility index (Phi) is 3.36. The predicted octanol–water partition coefficient (Wildman–Crippen LogP) is 0.730. The van der Waals surface area contributed by atoms with Gasteiger partial charge in [-0.05, 0) is 17.7 Å². The van der Waals surface area contributed by atoms with E-state index in [9.17, 15) is 23.2 Å². The van der Waals surface area contributed by atoms with Crippen LogP contribution in [0.4, 0.5) is 14.6 Å². The minimum absolute atomic E-state index is 0.0583. The number of aromatic nitrogens is 2. The number of fused-ring (bicyclic) bond motifs is 1. The van der Waals surface area contributed by atoms with E-state index in [0.29, 0.717) is 5.70 Å². The number of esters is 1. The van der Waals surface area contributed by atoms with Crippen LogP contribution in [-0.4, -0.2) is 21.7 Å². The van der Waals surface area contributed by atoms with Crippen LogP contribution in [0.15, 0.2) is 39.1 Å². The smallest absolute Gasteiger partial charge is 0.337 e. The van der Waals surface area contributed by atoms with Crippen LogP contribution >= 0.6 is 0 Å². The summed E-state index contributed by atoms with van der Waals surface area (Å²) in [6, 6.07) is 3.17. The number of carbonyl (C=O) groups excluding carboxylic acids is 1. The first-order valence-electron chi connectivity index (χ1n) is 7.73. The second-order valence-electron chi connectivity index (χ2n) is 6.17. The van der Waals surface area contributed by atoms with Crippen molar-refractivity contribution in [2.45, 2.75) is 5.92 Å². The Bertz CT molecular complexity index is 1130. The summed E-state index contributed by atoms with van der Waals surface area (Å²) in [7, 11) is 2.78. The zero-order valence-corrected chi connectivity index (χ0v) is 13.8. The fourth-order valence-electron chi connectivity index (χ4n) is 3.41. The molecular weight excluding hydrogens is 348 g/mol. The van der Waals surface area contributed by atoms with Crippen molar-refractivity contribution in [1.29, 1.82) is 0 Å². The van der Waals surface area contributed by atoms with Gasteiger partial charge in [0.25, 0.3) is 5.56 Å². The molecule has 1 aromatic carbocycles. The second-order valence-corrected chi connectivity index (χ2v) is 6.17. The molecule has 0 aliphatic carbocycles. The van der Waals surface area contributed by atoms with E-state index in [1.54, 1.807) is 0 Å². The molecule has 0 radical (unpaired) electrons. The monoisotopic (exact) mass is 361 g/mol. The van der Waals surface area contributed by atoms with Crippen LogP contribution in [0, 0.1) is 11.6 Å². The molecule has 4 rings (SSSR count). The molecule has 2 aromatic rings. The van der Waals surface area contributed by atoms with Crippen LogP contribution in [-0.2, 0) is 23.6 Å². The maximum atomic E-state index is 13.8. The van der Waals surface area contributed by atoms with Crippen molar-refractivity contribution in [2.24, 2.45) is 14.1 Å². The number of hydrogen-bond donors (Lipinski definition) is 1. The third kappa shape index (κ3) is 2.06. The van der Waals surface area contributed by atoms with Gasteiger partial charge in [-0.15, -0.1) is 0 Å². The molecule has 0 saturated carbocycles. The average Bonchev–Trinajstić information content (AvgIpc) is 2.99. The van der Waals surface area contributed by atoms with Crippen molar-refractivity contribution in [2.75, 3.05) is 11.9 Å². The highest BCUT2D eigenvalue weighted by atomic mass is 19.2. The van der Waals surface area contributed by atoms with E-state index in [1.807, 2.05) is 0 Å². The van der Waals surface area contributed by atoms with Gasteiger partial charge in [0, 0.05) is 14.1 Å². The quantitative estimate of drug-likeness (QED) is 0.758. The fraction of sp³-hybridized carbons (Fsp3) is 0.235. The number of hydrogen-bond acceptors (Lipinski definition) is 5. The maximum Gasteiger partial charge on any atom is 0.337 e. The van der Waals surface area contributed by atoms with E-state index in [0.717, 1.165) is 16.7 Å². The van der Waals surface area contributed by atoms with Crippen LogP contribution in [0.1, 0.15) is 17.0 Å². The zero-order valence-electron chi connectivity index (χ0n) is 13.8. The van der Waals surface area contributed by atoms with Gasteiger partial charge < -0.3 is 10.1 Å². The number of ether oxygens (including phenoxy) is 1. The number of halogens is 2. The summed E-state index contributed by atoms with van der Waals surface area (Å²) < 4.78 is 34.3. The van der Waals surface area contributed by atoms with Gasteiger partial charge in [0.15, 0.2) is 11.6 Å². The normalized spacial score (nSPS) is 18.3. The van der Waals surface area contributed by atoms with E-state index < -0.39 is 34.8 Å². The maximum absolute atomic E-state index is 13.8. The van der Waals surface area contributed by atoms with Gasteiger partial charge in [-0.2, -0.15) is 0 Å². The summed E-state index contributed by atoms with van der Waals surface area (Å²) >= 11 is 0. The lowest BCUT2D eigenvalue weighted by Gasteiger charge is -2.28. The molecular formula is C17H13F2N3O4. The lowest BCUT2D eigenvalue weighted by Crippen LogP contribution is -2.43. The lowest BCUT2D eigenvalue weighted by atomic mass is 9.82. The Morgan fingerprint density at radius 3 is 2.54 bits per heavy atom. The molecule has 0 spiro atoms. The predicted molar refractivity (Wildman–Crippen MR) is 86.7 cm³/mol. The molecule has 1 N–H and O–H groups in total. The Labute approximate surface area is 145 Å². The number of rotatable bonds is 1. The summed E-state index contributed by atoms with van der Waals surface area (Å²) in [6.45, 7) is -0.0583. The van der Waals surface area contributed by atoms with E-state index >= 15 is 0 Å².